The summed E-state index contributed by atoms with van der Waals surface area (Å²) in [5, 5.41) is 15.2. The average Bonchev–Trinajstić information content (AvgIpc) is 3.63. The molecule has 0 saturated heterocycles. The molecule has 0 spiro atoms. The lowest BCUT2D eigenvalue weighted by atomic mass is 10.1. The third-order valence-electron chi connectivity index (χ3n) is 7.63. The second-order valence-corrected chi connectivity index (χ2v) is 11.3. The number of rotatable bonds is 2. The molecule has 0 saturated carbocycles. The lowest BCUT2D eigenvalue weighted by Gasteiger charge is -2.19. The molecule has 6 aromatic rings. The van der Waals surface area contributed by atoms with Crippen molar-refractivity contribution in [1.82, 2.24) is 44.0 Å². The van der Waals surface area contributed by atoms with E-state index >= 15 is 0 Å². The van der Waals surface area contributed by atoms with Crippen molar-refractivity contribution >= 4 is 40.0 Å². The van der Waals surface area contributed by atoms with Gasteiger partial charge in [-0.2, -0.15) is 15.2 Å². The number of benzene rings is 3. The Balaban J connectivity index is 1.45. The van der Waals surface area contributed by atoms with Crippen molar-refractivity contribution < 1.29 is 18.0 Å². The van der Waals surface area contributed by atoms with Gasteiger partial charge in [-0.1, -0.05) is 23.7 Å². The number of nitrogens with zero attached hydrogens (tertiary/aromatic N) is 8. The molecule has 0 fully saturated rings. The molecule has 0 atom stereocenters. The van der Waals surface area contributed by atoms with Gasteiger partial charge in [-0.05, 0) is 29.8 Å². The number of nitrogens with one attached hydrogen (secondary N) is 2. The van der Waals surface area contributed by atoms with Crippen LogP contribution in [0.15, 0.2) is 64.6 Å². The van der Waals surface area contributed by atoms with Crippen LogP contribution >= 0.6 is 11.6 Å². The van der Waals surface area contributed by atoms with Crippen LogP contribution in [0.25, 0.3) is 10.9 Å². The molecule has 13 nitrogen and oxygen atoms in total. The summed E-state index contributed by atoms with van der Waals surface area (Å²) in [6, 6.07) is 9.42. The molecule has 238 valence electrons. The van der Waals surface area contributed by atoms with Crippen LogP contribution in [-0.2, 0) is 33.2 Å². The molecular weight excluding hydrogens is 641 g/mol. The third-order valence-corrected chi connectivity index (χ3v) is 7.93. The Bertz CT molecular complexity index is 2360. The normalized spacial score (nSPS) is 13.2. The van der Waals surface area contributed by atoms with E-state index < -0.39 is 53.4 Å². The van der Waals surface area contributed by atoms with Crippen LogP contribution in [0.3, 0.4) is 0 Å². The standard InChI is InChI=1S/C30H22ClF3N10O3/c1-41-12-19-18-9-35-27(45)16-4-2-3-15(5-16)10-42-14-36-25(40-42)13-44-29(46)38-28(37-26(18)20(31)7-24(19)39-41)43(30(44)47)11-17-6-22(33)23(34)8-21(17)32/h2-8,12,14H,9-11,13H2,1H3,(H,35,45)(H,37,38,46). The number of aryl methyl sites for hydroxylation is 1. The van der Waals surface area contributed by atoms with Gasteiger partial charge in [0.2, 0.25) is 5.95 Å². The van der Waals surface area contributed by atoms with Gasteiger partial charge in [-0.3, -0.25) is 14.0 Å². The molecule has 47 heavy (non-hydrogen) atoms. The van der Waals surface area contributed by atoms with E-state index in [2.05, 4.69) is 30.8 Å². The Kier molecular flexibility index (Phi) is 7.35. The first-order valence-corrected chi connectivity index (χ1v) is 14.4. The van der Waals surface area contributed by atoms with Gasteiger partial charge >= 0.3 is 11.4 Å². The van der Waals surface area contributed by atoms with Crippen LogP contribution < -0.4 is 22.0 Å². The molecule has 0 aliphatic carbocycles. The zero-order valence-corrected chi connectivity index (χ0v) is 25.1. The maximum Gasteiger partial charge on any atom is 0.355 e. The van der Waals surface area contributed by atoms with E-state index in [1.54, 1.807) is 48.3 Å². The van der Waals surface area contributed by atoms with Crippen molar-refractivity contribution in [3.63, 3.8) is 0 Å². The molecular formula is C30H22ClF3N10O3. The highest BCUT2D eigenvalue weighted by Crippen LogP contribution is 2.35. The molecule has 2 aliphatic rings. The van der Waals surface area contributed by atoms with Gasteiger partial charge in [-0.15, -0.1) is 0 Å². The highest BCUT2D eigenvalue weighted by molar-refractivity contribution is 6.34. The number of aromatic nitrogens is 8. The largest absolute Gasteiger partial charge is 0.355 e. The second-order valence-electron chi connectivity index (χ2n) is 10.8. The zero-order valence-electron chi connectivity index (χ0n) is 24.3. The Morgan fingerprint density at radius 1 is 0.979 bits per heavy atom. The summed E-state index contributed by atoms with van der Waals surface area (Å²) in [4.78, 5) is 48.9. The van der Waals surface area contributed by atoms with Crippen molar-refractivity contribution in [3.8, 4) is 0 Å². The van der Waals surface area contributed by atoms with Crippen LogP contribution in [0, 0.1) is 17.5 Å². The van der Waals surface area contributed by atoms with Crippen LogP contribution in [-0.4, -0.2) is 44.6 Å². The summed E-state index contributed by atoms with van der Waals surface area (Å²) in [5.41, 5.74) is -0.177. The van der Waals surface area contributed by atoms with Crippen molar-refractivity contribution in [3.05, 3.63) is 127 Å². The van der Waals surface area contributed by atoms with Gasteiger partial charge in [0.15, 0.2) is 17.5 Å². The number of hydrogen-bond acceptors (Lipinski definition) is 8. The summed E-state index contributed by atoms with van der Waals surface area (Å²) >= 11 is 6.72. The van der Waals surface area contributed by atoms with Gasteiger partial charge in [0.25, 0.3) is 5.91 Å². The first kappa shape index (κ1) is 29.9. The predicted octanol–water partition coefficient (Wildman–Crippen LogP) is 3.09. The fourth-order valence-corrected chi connectivity index (χ4v) is 5.66. The molecule has 17 heteroatoms. The highest BCUT2D eigenvalue weighted by atomic mass is 35.5. The predicted molar refractivity (Wildman–Crippen MR) is 163 cm³/mol. The van der Waals surface area contributed by atoms with Gasteiger partial charge in [0.1, 0.15) is 12.1 Å². The number of hydrogen-bond donors (Lipinski definition) is 2. The maximum absolute atomic E-state index is 14.9. The van der Waals surface area contributed by atoms with Gasteiger partial charge in [-0.25, -0.2) is 37.0 Å². The molecule has 5 heterocycles. The smallest absolute Gasteiger partial charge is 0.348 e. The minimum absolute atomic E-state index is 0.0830. The van der Waals surface area contributed by atoms with Crippen LogP contribution in [0.5, 0.6) is 0 Å². The van der Waals surface area contributed by atoms with Gasteiger partial charge < -0.3 is 10.6 Å². The van der Waals surface area contributed by atoms with Gasteiger partial charge in [0, 0.05) is 47.9 Å². The molecule has 2 aliphatic heterocycles. The number of anilines is 2. The lowest BCUT2D eigenvalue weighted by molar-refractivity contribution is 0.0951. The average molecular weight is 663 g/mol. The summed E-state index contributed by atoms with van der Waals surface area (Å²) in [5.74, 6) is -4.58. The first-order chi connectivity index (χ1) is 22.5. The summed E-state index contributed by atoms with van der Waals surface area (Å²) in [6.07, 6.45) is 3.10. The Hall–Kier alpha value is -5.77. The van der Waals surface area contributed by atoms with E-state index in [4.69, 9.17) is 11.6 Å². The molecule has 3 aromatic carbocycles. The van der Waals surface area contributed by atoms with Crippen LogP contribution in [0.2, 0.25) is 5.02 Å². The fraction of sp³-hybridized carbons (Fsp3) is 0.167. The van der Waals surface area contributed by atoms with Crippen molar-refractivity contribution in [2.24, 2.45) is 7.05 Å². The summed E-state index contributed by atoms with van der Waals surface area (Å²) in [6.45, 7) is -0.931. The van der Waals surface area contributed by atoms with E-state index in [9.17, 15) is 27.6 Å². The van der Waals surface area contributed by atoms with E-state index in [0.29, 0.717) is 34.2 Å². The van der Waals surface area contributed by atoms with Crippen LogP contribution in [0.4, 0.5) is 24.8 Å². The monoisotopic (exact) mass is 662 g/mol. The van der Waals surface area contributed by atoms with E-state index in [1.165, 1.54) is 11.0 Å². The number of amides is 1. The number of carbonyl (C=O) groups is 1. The van der Waals surface area contributed by atoms with E-state index in [0.717, 1.165) is 14.7 Å². The lowest BCUT2D eigenvalue weighted by Crippen LogP contribution is -2.43. The molecule has 0 unspecified atom stereocenters. The van der Waals surface area contributed by atoms with Crippen molar-refractivity contribution in [1.29, 1.82) is 0 Å². The second kappa shape index (κ2) is 11.5. The quantitative estimate of drug-likeness (QED) is 0.269. The molecule has 6 bridgehead atoms. The SMILES string of the molecule is Cn1cc2c3c(c(Cl)cc2n1)Nc1nc(=O)n(c(=O)n1Cc1cc(F)c(F)cc1F)Cc1ncn(n1)Cc1cccc(c1)C(=O)NC3. The summed E-state index contributed by atoms with van der Waals surface area (Å²) < 4.78 is 47.4. The van der Waals surface area contributed by atoms with Gasteiger partial charge in [0.05, 0.1) is 35.9 Å². The minimum Gasteiger partial charge on any atom is -0.348 e. The number of carbonyl (C=O) groups excluding carboxylic acids is 1. The number of halogens is 4. The molecule has 0 radical (unpaired) electrons. The Morgan fingerprint density at radius 3 is 2.62 bits per heavy atom. The topological polar surface area (TPSA) is 147 Å². The maximum atomic E-state index is 14.9. The Morgan fingerprint density at radius 2 is 1.79 bits per heavy atom. The molecule has 2 N–H and O–H groups in total. The highest BCUT2D eigenvalue weighted by Gasteiger charge is 2.22. The molecule has 1 amide bonds. The molecule has 8 rings (SSSR count). The number of fused-ring (bicyclic) bond motifs is 5. The van der Waals surface area contributed by atoms with Crippen molar-refractivity contribution in [2.75, 3.05) is 5.32 Å². The first-order valence-electron chi connectivity index (χ1n) is 14.1. The van der Waals surface area contributed by atoms with E-state index in [1.807, 2.05) is 0 Å². The molecule has 3 aromatic heterocycles. The van der Waals surface area contributed by atoms with E-state index in [-0.39, 0.29) is 35.6 Å². The zero-order chi connectivity index (χ0) is 33.0. The van der Waals surface area contributed by atoms with Crippen LogP contribution in [0.1, 0.15) is 32.9 Å². The minimum atomic E-state index is -1.41. The summed E-state index contributed by atoms with van der Waals surface area (Å²) in [7, 11) is 1.70. The van der Waals surface area contributed by atoms with Crippen molar-refractivity contribution in [2.45, 2.75) is 26.2 Å². The fourth-order valence-electron chi connectivity index (χ4n) is 5.40. The third kappa shape index (κ3) is 5.63. The Labute approximate surface area is 266 Å².